The lowest BCUT2D eigenvalue weighted by Gasteiger charge is -2.35. The number of aliphatic carboxylic acids is 1. The van der Waals surface area contributed by atoms with E-state index in [0.717, 1.165) is 46.6 Å². The molecule has 2 amide bonds. The fourth-order valence-corrected chi connectivity index (χ4v) is 8.11. The molecule has 5 rings (SSSR count). The molecule has 12 heteroatoms. The standard InChI is InChI=1S/C38H47N5O6S/c1-2-6-27-9-13-29(14-10-27)30-17-19-31(20-18-30)33-21-40-38(41-22-33)32-15-11-28(12-16-32)25-43(26-37(46)47)36(45)24-39-35(44)23-42-50(48,49)34-7-4-3-5-8-34/h3-5,7-8,11-12,15-16,19,21-22,27,29-30,42H,2,6,9-10,13-14,17-18,20,23-26H2,1H3,(H,39,44)(H,46,47)/t27-,29-,30?. The van der Waals surface area contributed by atoms with Crippen molar-refractivity contribution >= 4 is 33.4 Å². The molecule has 11 nitrogen and oxygen atoms in total. The molecule has 3 aromatic rings. The van der Waals surface area contributed by atoms with E-state index in [-0.39, 0.29) is 11.4 Å². The lowest BCUT2D eigenvalue weighted by molar-refractivity contribution is -0.144. The molecule has 0 spiro atoms. The van der Waals surface area contributed by atoms with Crippen molar-refractivity contribution in [2.24, 2.45) is 17.8 Å². The highest BCUT2D eigenvalue weighted by molar-refractivity contribution is 7.89. The number of benzene rings is 2. The molecule has 1 unspecified atom stereocenters. The van der Waals surface area contributed by atoms with Crippen LogP contribution in [0.3, 0.4) is 0 Å². The van der Waals surface area contributed by atoms with Crippen LogP contribution >= 0.6 is 0 Å². The number of rotatable bonds is 15. The van der Waals surface area contributed by atoms with Crippen LogP contribution in [0, 0.1) is 17.8 Å². The van der Waals surface area contributed by atoms with Crippen molar-refractivity contribution < 1.29 is 27.9 Å². The van der Waals surface area contributed by atoms with Gasteiger partial charge in [0.1, 0.15) is 6.54 Å². The van der Waals surface area contributed by atoms with Gasteiger partial charge in [-0.15, -0.1) is 0 Å². The topological polar surface area (TPSA) is 159 Å². The maximum atomic E-state index is 12.9. The van der Waals surface area contributed by atoms with Crippen molar-refractivity contribution in [3.8, 4) is 11.4 Å². The molecule has 2 aromatic carbocycles. The summed E-state index contributed by atoms with van der Waals surface area (Å²) >= 11 is 0. The number of hydrogen-bond donors (Lipinski definition) is 3. The number of aromatic nitrogens is 2. The van der Waals surface area contributed by atoms with E-state index in [4.69, 9.17) is 0 Å². The number of nitrogens with zero attached hydrogens (tertiary/aromatic N) is 3. The van der Waals surface area contributed by atoms with Gasteiger partial charge in [0.15, 0.2) is 5.82 Å². The number of carboxylic acids is 1. The van der Waals surface area contributed by atoms with Crippen LogP contribution in [0.25, 0.3) is 17.0 Å². The van der Waals surface area contributed by atoms with E-state index < -0.39 is 47.4 Å². The molecule has 266 valence electrons. The highest BCUT2D eigenvalue weighted by Crippen LogP contribution is 2.42. The summed E-state index contributed by atoms with van der Waals surface area (Å²) in [6.45, 7) is 0.649. The minimum absolute atomic E-state index is 0.00293. The van der Waals surface area contributed by atoms with Gasteiger partial charge in [0, 0.05) is 30.1 Å². The van der Waals surface area contributed by atoms with E-state index >= 15 is 0 Å². The third-order valence-electron chi connectivity index (χ3n) is 9.91. The molecule has 1 fully saturated rings. The van der Waals surface area contributed by atoms with Crippen molar-refractivity contribution in [2.75, 3.05) is 19.6 Å². The van der Waals surface area contributed by atoms with Crippen LogP contribution in [0.4, 0.5) is 0 Å². The molecule has 0 bridgehead atoms. The second-order valence-electron chi connectivity index (χ2n) is 13.4. The van der Waals surface area contributed by atoms with Crippen molar-refractivity contribution in [2.45, 2.75) is 76.2 Å². The molecule has 1 heterocycles. The summed E-state index contributed by atoms with van der Waals surface area (Å²) in [6.07, 6.45) is 17.8. The Kier molecular flexibility index (Phi) is 12.9. The van der Waals surface area contributed by atoms with Gasteiger partial charge in [0.25, 0.3) is 0 Å². The number of amides is 2. The summed E-state index contributed by atoms with van der Waals surface area (Å²) in [5.41, 5.74) is 3.84. The Hall–Kier alpha value is -4.42. The van der Waals surface area contributed by atoms with Crippen LogP contribution < -0.4 is 10.0 Å². The number of sulfonamides is 1. The maximum absolute atomic E-state index is 12.9. The average molecular weight is 702 g/mol. The molecular formula is C38H47N5O6S. The second kappa shape index (κ2) is 17.5. The Morgan fingerprint density at radius 1 is 0.880 bits per heavy atom. The second-order valence-corrected chi connectivity index (χ2v) is 15.2. The molecule has 2 aliphatic carbocycles. The fourth-order valence-electron chi connectivity index (χ4n) is 7.11. The van der Waals surface area contributed by atoms with Gasteiger partial charge < -0.3 is 15.3 Å². The Bertz CT molecular complexity index is 1740. The lowest BCUT2D eigenvalue weighted by Crippen LogP contribution is -2.44. The molecular weight excluding hydrogens is 655 g/mol. The number of carbonyl (C=O) groups is 3. The Morgan fingerprint density at radius 3 is 2.20 bits per heavy atom. The molecule has 0 aliphatic heterocycles. The van der Waals surface area contributed by atoms with Gasteiger partial charge in [-0.2, -0.15) is 0 Å². The monoisotopic (exact) mass is 701 g/mol. The number of allylic oxidation sites excluding steroid dienone is 2. The summed E-state index contributed by atoms with van der Waals surface area (Å²) < 4.78 is 26.9. The SMILES string of the molecule is CCC[C@H]1CC[C@H](C2CC=C(c3cnc(-c4ccc(CN(CC(=O)O)C(=O)CNC(=O)CNS(=O)(=O)c5ccccc5)cc4)nc3)CC2)CC1. The smallest absolute Gasteiger partial charge is 0.323 e. The Morgan fingerprint density at radius 2 is 1.58 bits per heavy atom. The van der Waals surface area contributed by atoms with Gasteiger partial charge >= 0.3 is 5.97 Å². The predicted molar refractivity (Wildman–Crippen MR) is 191 cm³/mol. The van der Waals surface area contributed by atoms with Crippen molar-refractivity contribution in [3.63, 3.8) is 0 Å². The number of hydrogen-bond acceptors (Lipinski definition) is 7. The molecule has 1 saturated carbocycles. The summed E-state index contributed by atoms with van der Waals surface area (Å²) in [5.74, 6) is 0.592. The third-order valence-corrected chi connectivity index (χ3v) is 11.3. The average Bonchev–Trinajstić information content (AvgIpc) is 3.14. The molecule has 3 N–H and O–H groups in total. The zero-order valence-electron chi connectivity index (χ0n) is 28.6. The van der Waals surface area contributed by atoms with E-state index in [9.17, 15) is 27.9 Å². The van der Waals surface area contributed by atoms with Gasteiger partial charge in [-0.3, -0.25) is 14.4 Å². The number of carboxylic acid groups (broad SMARTS) is 1. The lowest BCUT2D eigenvalue weighted by atomic mass is 9.70. The minimum atomic E-state index is -3.90. The van der Waals surface area contributed by atoms with E-state index in [1.54, 1.807) is 30.3 Å². The first-order valence-electron chi connectivity index (χ1n) is 17.5. The Balaban J connectivity index is 1.11. The van der Waals surface area contributed by atoms with Gasteiger partial charge in [-0.25, -0.2) is 23.1 Å². The molecule has 1 aromatic heterocycles. The first-order valence-corrected chi connectivity index (χ1v) is 19.0. The molecule has 1 atom stereocenters. The molecule has 50 heavy (non-hydrogen) atoms. The zero-order valence-corrected chi connectivity index (χ0v) is 29.4. The first kappa shape index (κ1) is 36.9. The normalized spacial score (nSPS) is 19.3. The van der Waals surface area contributed by atoms with E-state index in [0.29, 0.717) is 11.4 Å². The van der Waals surface area contributed by atoms with Gasteiger partial charge in [-0.1, -0.05) is 81.1 Å². The van der Waals surface area contributed by atoms with Crippen LogP contribution in [0.2, 0.25) is 0 Å². The van der Waals surface area contributed by atoms with Crippen LogP contribution in [-0.4, -0.2) is 65.8 Å². The van der Waals surface area contributed by atoms with Gasteiger partial charge in [-0.05, 0) is 73.1 Å². The van der Waals surface area contributed by atoms with Crippen molar-refractivity contribution in [1.82, 2.24) is 24.9 Å². The highest BCUT2D eigenvalue weighted by Gasteiger charge is 2.28. The summed E-state index contributed by atoms with van der Waals surface area (Å²) in [4.78, 5) is 47.0. The molecule has 2 aliphatic rings. The van der Waals surface area contributed by atoms with E-state index in [1.807, 2.05) is 24.5 Å². The van der Waals surface area contributed by atoms with Crippen molar-refractivity contribution in [3.05, 3.63) is 84.2 Å². The first-order chi connectivity index (χ1) is 24.1. The van der Waals surface area contributed by atoms with E-state index in [2.05, 4.69) is 33.0 Å². The predicted octanol–water partition coefficient (Wildman–Crippen LogP) is 5.44. The van der Waals surface area contributed by atoms with Gasteiger partial charge in [0.2, 0.25) is 21.8 Å². The number of nitrogens with one attached hydrogen (secondary N) is 2. The summed E-state index contributed by atoms with van der Waals surface area (Å²) in [6, 6.07) is 14.8. The fraction of sp³-hybridized carbons (Fsp3) is 0.447. The quantitative estimate of drug-likeness (QED) is 0.189. The summed E-state index contributed by atoms with van der Waals surface area (Å²) in [7, 11) is -3.90. The Labute approximate surface area is 294 Å². The third kappa shape index (κ3) is 10.3. The summed E-state index contributed by atoms with van der Waals surface area (Å²) in [5, 5.41) is 11.8. The number of carbonyl (C=O) groups excluding carboxylic acids is 2. The minimum Gasteiger partial charge on any atom is -0.480 e. The van der Waals surface area contributed by atoms with Crippen LogP contribution in [0.15, 0.2) is 78.0 Å². The molecule has 0 saturated heterocycles. The zero-order chi connectivity index (χ0) is 35.5. The maximum Gasteiger partial charge on any atom is 0.323 e. The largest absolute Gasteiger partial charge is 0.480 e. The van der Waals surface area contributed by atoms with Crippen LogP contribution in [-0.2, 0) is 31.0 Å². The van der Waals surface area contributed by atoms with E-state index in [1.165, 1.54) is 62.7 Å². The molecule has 0 radical (unpaired) electrons. The highest BCUT2D eigenvalue weighted by atomic mass is 32.2. The van der Waals surface area contributed by atoms with Crippen LogP contribution in [0.5, 0.6) is 0 Å². The van der Waals surface area contributed by atoms with Crippen LogP contribution in [0.1, 0.15) is 75.8 Å². The van der Waals surface area contributed by atoms with Gasteiger partial charge in [0.05, 0.1) is 18.0 Å². The van der Waals surface area contributed by atoms with Crippen molar-refractivity contribution in [1.29, 1.82) is 0 Å².